The van der Waals surface area contributed by atoms with Gasteiger partial charge in [-0.2, -0.15) is 0 Å². The third kappa shape index (κ3) is 9.07. The summed E-state index contributed by atoms with van der Waals surface area (Å²) in [5, 5.41) is 19.6. The second-order valence-electron chi connectivity index (χ2n) is 20.2. The van der Waals surface area contributed by atoms with Crippen molar-refractivity contribution in [3.05, 3.63) is 258 Å². The molecule has 0 amide bonds. The second kappa shape index (κ2) is 20.5. The Kier molecular flexibility index (Phi) is 12.4. The molecule has 0 aliphatic rings. The van der Waals surface area contributed by atoms with Crippen molar-refractivity contribution in [3.63, 3.8) is 0 Å². The summed E-state index contributed by atoms with van der Waals surface area (Å²) in [6.45, 7) is 0. The van der Waals surface area contributed by atoms with Crippen molar-refractivity contribution in [1.29, 1.82) is 0 Å². The van der Waals surface area contributed by atoms with Crippen molar-refractivity contribution in [3.8, 4) is 50.3 Å². The molecule has 0 fully saturated rings. The average molecular weight is 1190 g/mol. The van der Waals surface area contributed by atoms with E-state index in [1.807, 2.05) is 91.0 Å². The van der Waals surface area contributed by atoms with Crippen LogP contribution < -0.4 is 4.65 Å². The Morgan fingerprint density at radius 1 is 0.244 bits per heavy atom. The first-order chi connectivity index (χ1) is 40.3. The topological polar surface area (TPSA) is 95.2 Å². The maximum absolute atomic E-state index is 8.58. The van der Waals surface area contributed by atoms with Gasteiger partial charge in [0, 0.05) is 62.8 Å². The summed E-state index contributed by atoms with van der Waals surface area (Å²) in [6, 6.07) is 85.0. The normalized spacial score (nSPS) is 11.6. The van der Waals surface area contributed by atoms with Crippen LogP contribution in [0.5, 0.6) is 5.75 Å². The van der Waals surface area contributed by atoms with Crippen LogP contribution in [-0.4, -0.2) is 12.7 Å². The lowest BCUT2D eigenvalue weighted by Crippen LogP contribution is -1.98. The molecule has 1 radical (unpaired) electrons. The zero-order chi connectivity index (χ0) is 54.8. The summed E-state index contributed by atoms with van der Waals surface area (Å²) in [4.78, 5) is 0. The summed E-state index contributed by atoms with van der Waals surface area (Å²) >= 11 is 7.05. The van der Waals surface area contributed by atoms with Crippen molar-refractivity contribution in [2.45, 2.75) is 0 Å². The molecule has 0 bridgehead atoms. The predicted molar refractivity (Wildman–Crippen MR) is 341 cm³/mol. The number of halogens is 2. The van der Waals surface area contributed by atoms with Gasteiger partial charge >= 0.3 is 7.69 Å². The molecule has 1 N–H and O–H groups in total. The molecule has 5 heterocycles. The molecule has 0 aliphatic heterocycles. The summed E-state index contributed by atoms with van der Waals surface area (Å²) < 4.78 is 37.0. The Balaban J connectivity index is 0.000000128. The molecule has 17 aromatic rings. The maximum Gasteiger partial charge on any atom is 0.569 e. The highest BCUT2D eigenvalue weighted by Crippen LogP contribution is 2.40. The van der Waals surface area contributed by atoms with Crippen LogP contribution in [0.1, 0.15) is 0 Å². The van der Waals surface area contributed by atoms with Gasteiger partial charge in [-0.25, -0.2) is 0 Å². The first kappa shape index (κ1) is 49.5. The van der Waals surface area contributed by atoms with E-state index in [1.54, 1.807) is 6.07 Å². The van der Waals surface area contributed by atoms with E-state index in [0.29, 0.717) is 13.4 Å². The number of fused-ring (bicyclic) bond motifs is 15. The summed E-state index contributed by atoms with van der Waals surface area (Å²) in [5.74, 6) is 0.585. The first-order valence-corrected chi connectivity index (χ1v) is 28.2. The molecule has 0 unspecified atom stereocenters. The van der Waals surface area contributed by atoms with Gasteiger partial charge in [0.2, 0.25) is 0 Å². The van der Waals surface area contributed by atoms with Gasteiger partial charge in [0.15, 0.2) is 0 Å². The van der Waals surface area contributed by atoms with Gasteiger partial charge < -0.3 is 31.8 Å². The number of rotatable bonds is 6. The third-order valence-corrected chi connectivity index (χ3v) is 16.2. The van der Waals surface area contributed by atoms with Gasteiger partial charge in [-0.05, 0) is 178 Å². The number of furan rings is 5. The van der Waals surface area contributed by atoms with Crippen LogP contribution in [-0.2, 0) is 0 Å². The van der Waals surface area contributed by atoms with Crippen LogP contribution >= 0.6 is 31.9 Å². The highest BCUT2D eigenvalue weighted by atomic mass is 79.9. The quantitative estimate of drug-likeness (QED) is 0.166. The fourth-order valence-corrected chi connectivity index (χ4v) is 12.0. The molecule has 10 heteroatoms. The first-order valence-electron chi connectivity index (χ1n) is 26.7. The minimum Gasteiger partial charge on any atom is -0.537 e. The molecule has 7 nitrogen and oxygen atoms in total. The molecule has 0 aliphatic carbocycles. The zero-order valence-corrected chi connectivity index (χ0v) is 46.6. The second-order valence-corrected chi connectivity index (χ2v) is 22.0. The lowest BCUT2D eigenvalue weighted by atomic mass is 9.96. The van der Waals surface area contributed by atoms with E-state index in [0.717, 1.165) is 146 Å². The molecule has 0 atom stereocenters. The van der Waals surface area contributed by atoms with E-state index in [-0.39, 0.29) is 0 Å². The van der Waals surface area contributed by atoms with E-state index >= 15 is 0 Å². The van der Waals surface area contributed by atoms with Crippen molar-refractivity contribution in [2.75, 3.05) is 0 Å². The molecular weight excluding hydrogens is 1150 g/mol. The van der Waals surface area contributed by atoms with Gasteiger partial charge in [0.05, 0.1) is 0 Å². The van der Waals surface area contributed by atoms with Crippen LogP contribution in [0, 0.1) is 0 Å². The number of benzene rings is 12. The molecule has 389 valence electrons. The SMILES string of the molecule is Brc1cccc(-c2ccc3oc4ccc(Br)cc4c3c2)c1.O[B]Oc1ccc2oc3ccccc3c2c1.c1cc(-c2ccc3oc4ccccc4c3c2)cc(-c2ccc3oc4ccc(-c5ccc6oc7ccccc7c6c5)cc4c3c2)c1. The molecule has 17 rings (SSSR count). The van der Waals surface area contributed by atoms with Crippen LogP contribution in [0.15, 0.2) is 280 Å². The predicted octanol–water partition coefficient (Wildman–Crippen LogP) is 21.7. The van der Waals surface area contributed by atoms with E-state index in [2.05, 4.69) is 184 Å². The third-order valence-electron chi connectivity index (χ3n) is 15.2. The van der Waals surface area contributed by atoms with Crippen LogP contribution in [0.25, 0.3) is 154 Å². The standard InChI is InChI=1S/C42H24O3.C18H10Br2O.C12H8BO3/c1-3-10-37-31(8-1)33-21-27(12-16-39(33)43-37)25-6-5-7-26(20-25)28-13-18-41-35(23-28)36-24-30(15-19-42(36)45-41)29-14-17-40-34(22-29)32-9-2-4-11-38(32)44-40;19-13-3-1-2-11(8-13)12-4-6-17-15(9-12)16-10-14(20)5-7-18(16)21-17;14-13-16-8-5-6-12-10(7-8)9-3-1-2-4-11(9)15-12/h1-24H;1-10H;1-7,14H. The highest BCUT2D eigenvalue weighted by molar-refractivity contribution is 9.10. The van der Waals surface area contributed by atoms with Gasteiger partial charge in [0.25, 0.3) is 0 Å². The Morgan fingerprint density at radius 3 is 0.939 bits per heavy atom. The molecule has 5 aromatic heterocycles. The molecule has 82 heavy (non-hydrogen) atoms. The van der Waals surface area contributed by atoms with Crippen LogP contribution in [0.2, 0.25) is 0 Å². The fourth-order valence-electron chi connectivity index (χ4n) is 11.3. The van der Waals surface area contributed by atoms with Gasteiger partial charge in [-0.15, -0.1) is 0 Å². The van der Waals surface area contributed by atoms with Crippen LogP contribution in [0.3, 0.4) is 0 Å². The Morgan fingerprint density at radius 2 is 0.537 bits per heavy atom. The summed E-state index contributed by atoms with van der Waals surface area (Å²) in [5.41, 5.74) is 18.2. The number of para-hydroxylation sites is 3. The minimum absolute atomic E-state index is 0.585. The number of hydrogen-bond acceptors (Lipinski definition) is 7. The lowest BCUT2D eigenvalue weighted by Gasteiger charge is -2.07. The molecule has 0 saturated carbocycles. The highest BCUT2D eigenvalue weighted by Gasteiger charge is 2.15. The van der Waals surface area contributed by atoms with Crippen molar-refractivity contribution in [1.82, 2.24) is 0 Å². The Hall–Kier alpha value is -9.58. The van der Waals surface area contributed by atoms with E-state index in [1.165, 1.54) is 16.7 Å². The summed E-state index contributed by atoms with van der Waals surface area (Å²) in [7, 11) is 0.670. The summed E-state index contributed by atoms with van der Waals surface area (Å²) in [6.07, 6.45) is 0. The lowest BCUT2D eigenvalue weighted by molar-refractivity contribution is 0.454. The zero-order valence-electron chi connectivity index (χ0n) is 43.4. The largest absolute Gasteiger partial charge is 0.569 e. The minimum atomic E-state index is 0.585. The van der Waals surface area contributed by atoms with E-state index < -0.39 is 0 Å². The Labute approximate surface area is 485 Å². The van der Waals surface area contributed by atoms with Crippen molar-refractivity contribution < 1.29 is 31.8 Å². The number of hydrogen-bond donors (Lipinski definition) is 1. The Bertz CT molecular complexity index is 5310. The average Bonchev–Trinajstić information content (AvgIpc) is 4.36. The molecule has 0 spiro atoms. The monoisotopic (exact) mass is 1190 g/mol. The van der Waals surface area contributed by atoms with Gasteiger partial charge in [0.1, 0.15) is 61.6 Å². The van der Waals surface area contributed by atoms with Crippen molar-refractivity contribution in [2.24, 2.45) is 0 Å². The van der Waals surface area contributed by atoms with Crippen molar-refractivity contribution >= 4 is 149 Å². The van der Waals surface area contributed by atoms with Crippen LogP contribution in [0.4, 0.5) is 0 Å². The van der Waals surface area contributed by atoms with Gasteiger partial charge in [-0.3, -0.25) is 0 Å². The maximum atomic E-state index is 8.58. The smallest absolute Gasteiger partial charge is 0.537 e. The molecular formula is C72H42BBr2O7. The fraction of sp³-hybridized carbons (Fsp3) is 0. The van der Waals surface area contributed by atoms with E-state index in [9.17, 15) is 0 Å². The molecule has 12 aromatic carbocycles. The van der Waals surface area contributed by atoms with E-state index in [4.69, 9.17) is 31.8 Å². The van der Waals surface area contributed by atoms with Gasteiger partial charge in [-0.1, -0.05) is 147 Å². The molecule has 0 saturated heterocycles.